The van der Waals surface area contributed by atoms with Crippen LogP contribution >= 0.6 is 24.0 Å². The van der Waals surface area contributed by atoms with Crippen LogP contribution in [-0.4, -0.2) is 39.9 Å². The first kappa shape index (κ1) is 25.0. The fourth-order valence-electron chi connectivity index (χ4n) is 2.67. The van der Waals surface area contributed by atoms with Crippen LogP contribution in [0.1, 0.15) is 23.6 Å². The second-order valence-corrected chi connectivity index (χ2v) is 6.31. The van der Waals surface area contributed by atoms with Crippen LogP contribution in [0.3, 0.4) is 0 Å². The smallest absolute Gasteiger partial charge is 0.191 e. The Morgan fingerprint density at radius 1 is 1.00 bits per heavy atom. The van der Waals surface area contributed by atoms with Crippen molar-refractivity contribution in [1.82, 2.24) is 10.6 Å². The van der Waals surface area contributed by atoms with Crippen molar-refractivity contribution in [2.24, 2.45) is 4.99 Å². The molecule has 0 aliphatic carbocycles. The molecule has 0 amide bonds. The fourth-order valence-corrected chi connectivity index (χ4v) is 2.67. The van der Waals surface area contributed by atoms with Gasteiger partial charge in [0.25, 0.3) is 0 Å². The zero-order valence-electron chi connectivity index (χ0n) is 17.7. The molecule has 2 rings (SSSR count). The summed E-state index contributed by atoms with van der Waals surface area (Å²) in [6.07, 6.45) is 0. The molecule has 0 saturated heterocycles. The number of nitrogens with zero attached hydrogens (tertiary/aromatic N) is 1. The number of halogens is 1. The molecule has 0 radical (unpaired) electrons. The lowest BCUT2D eigenvalue weighted by molar-refractivity contribution is 0.145. The maximum atomic E-state index is 5.85. The number of aryl methyl sites for hydroxylation is 1. The summed E-state index contributed by atoms with van der Waals surface area (Å²) in [6.45, 7) is 7.05. The van der Waals surface area contributed by atoms with Crippen molar-refractivity contribution in [2.45, 2.75) is 26.9 Å². The molecule has 29 heavy (non-hydrogen) atoms. The van der Waals surface area contributed by atoms with Crippen LogP contribution < -0.4 is 20.1 Å². The first-order valence-corrected chi connectivity index (χ1v) is 9.53. The van der Waals surface area contributed by atoms with Crippen LogP contribution in [0.25, 0.3) is 0 Å². The van der Waals surface area contributed by atoms with Crippen LogP contribution in [-0.2, 0) is 17.8 Å². The highest BCUT2D eigenvalue weighted by Crippen LogP contribution is 2.20. The number of benzene rings is 2. The van der Waals surface area contributed by atoms with Crippen LogP contribution in [0.15, 0.2) is 47.5 Å². The molecular formula is C22H32IN3O3. The van der Waals surface area contributed by atoms with Gasteiger partial charge in [0, 0.05) is 32.8 Å². The lowest BCUT2D eigenvalue weighted by atomic mass is 10.1. The largest absolute Gasteiger partial charge is 0.494 e. The van der Waals surface area contributed by atoms with Crippen LogP contribution in [0, 0.1) is 6.92 Å². The quantitative estimate of drug-likeness (QED) is 0.219. The summed E-state index contributed by atoms with van der Waals surface area (Å²) >= 11 is 0. The summed E-state index contributed by atoms with van der Waals surface area (Å²) in [5, 5.41) is 6.67. The van der Waals surface area contributed by atoms with E-state index >= 15 is 0 Å². The van der Waals surface area contributed by atoms with E-state index in [2.05, 4.69) is 40.7 Å². The molecular weight excluding hydrogens is 481 g/mol. The number of rotatable bonds is 10. The maximum Gasteiger partial charge on any atom is 0.191 e. The van der Waals surface area contributed by atoms with E-state index in [1.165, 1.54) is 0 Å². The Bertz CT molecular complexity index is 769. The molecule has 0 atom stereocenters. The zero-order valence-corrected chi connectivity index (χ0v) is 20.0. The summed E-state index contributed by atoms with van der Waals surface area (Å²) < 4.78 is 16.5. The second-order valence-electron chi connectivity index (χ2n) is 6.31. The van der Waals surface area contributed by atoms with Gasteiger partial charge in [0.1, 0.15) is 18.1 Å². The van der Waals surface area contributed by atoms with Crippen molar-refractivity contribution in [1.29, 1.82) is 0 Å². The molecule has 2 N–H and O–H groups in total. The first-order valence-electron chi connectivity index (χ1n) is 9.53. The van der Waals surface area contributed by atoms with Gasteiger partial charge in [-0.1, -0.05) is 24.3 Å². The van der Waals surface area contributed by atoms with Crippen LogP contribution in [0.2, 0.25) is 0 Å². The highest BCUT2D eigenvalue weighted by molar-refractivity contribution is 14.0. The minimum absolute atomic E-state index is 0. The lowest BCUT2D eigenvalue weighted by Gasteiger charge is -2.15. The molecule has 0 saturated carbocycles. The van der Waals surface area contributed by atoms with E-state index in [9.17, 15) is 0 Å². The standard InChI is InChI=1S/C22H31N3O3.HI/c1-5-27-20-8-6-7-18(14-20)15-24-22(23-3)25-16-19-10-9-17(2)13-21(19)28-12-11-26-4;/h6-10,13-14H,5,11-12,15-16H2,1-4H3,(H2,23,24,25);1H. The predicted octanol–water partition coefficient (Wildman–Crippen LogP) is 3.90. The van der Waals surface area contributed by atoms with Gasteiger partial charge in [-0.3, -0.25) is 4.99 Å². The number of guanidine groups is 1. The van der Waals surface area contributed by atoms with Crippen molar-refractivity contribution in [2.75, 3.05) is 34.0 Å². The molecule has 160 valence electrons. The molecule has 0 unspecified atom stereocenters. The topological polar surface area (TPSA) is 64.1 Å². The van der Waals surface area contributed by atoms with Gasteiger partial charge in [-0.15, -0.1) is 24.0 Å². The van der Waals surface area contributed by atoms with Crippen molar-refractivity contribution in [3.8, 4) is 11.5 Å². The molecule has 2 aromatic rings. The van der Waals surface area contributed by atoms with Crippen molar-refractivity contribution < 1.29 is 14.2 Å². The van der Waals surface area contributed by atoms with Gasteiger partial charge < -0.3 is 24.8 Å². The van der Waals surface area contributed by atoms with Crippen molar-refractivity contribution in [3.05, 3.63) is 59.2 Å². The number of methoxy groups -OCH3 is 1. The minimum Gasteiger partial charge on any atom is -0.494 e. The molecule has 0 fully saturated rings. The Hall–Kier alpha value is -2.00. The maximum absolute atomic E-state index is 5.85. The van der Waals surface area contributed by atoms with Gasteiger partial charge in [0.05, 0.1) is 13.2 Å². The summed E-state index contributed by atoms with van der Waals surface area (Å²) in [6, 6.07) is 14.2. The van der Waals surface area contributed by atoms with E-state index in [0.717, 1.165) is 34.1 Å². The number of nitrogens with one attached hydrogen (secondary N) is 2. The monoisotopic (exact) mass is 513 g/mol. The van der Waals surface area contributed by atoms with Gasteiger partial charge in [0.15, 0.2) is 5.96 Å². The average molecular weight is 513 g/mol. The average Bonchev–Trinajstić information content (AvgIpc) is 2.70. The van der Waals surface area contributed by atoms with Crippen molar-refractivity contribution >= 4 is 29.9 Å². The van der Waals surface area contributed by atoms with Gasteiger partial charge in [-0.2, -0.15) is 0 Å². The molecule has 7 heteroatoms. The van der Waals surface area contributed by atoms with Gasteiger partial charge in [-0.05, 0) is 43.2 Å². The van der Waals surface area contributed by atoms with Gasteiger partial charge >= 0.3 is 0 Å². The first-order chi connectivity index (χ1) is 13.7. The summed E-state index contributed by atoms with van der Waals surface area (Å²) in [4.78, 5) is 4.30. The lowest BCUT2D eigenvalue weighted by Crippen LogP contribution is -2.36. The molecule has 0 spiro atoms. The fraction of sp³-hybridized carbons (Fsp3) is 0.409. The Morgan fingerprint density at radius 3 is 2.52 bits per heavy atom. The van der Waals surface area contributed by atoms with E-state index in [1.807, 2.05) is 31.2 Å². The number of hydrogen-bond acceptors (Lipinski definition) is 4. The highest BCUT2D eigenvalue weighted by atomic mass is 127. The van der Waals surface area contributed by atoms with E-state index < -0.39 is 0 Å². The number of aliphatic imine (C=N–C) groups is 1. The SMILES string of the molecule is CCOc1cccc(CNC(=NC)NCc2ccc(C)cc2OCCOC)c1.I. The van der Waals surface area contributed by atoms with Gasteiger partial charge in [0.2, 0.25) is 0 Å². The van der Waals surface area contributed by atoms with Crippen molar-refractivity contribution in [3.63, 3.8) is 0 Å². The normalized spacial score (nSPS) is 10.8. The molecule has 2 aromatic carbocycles. The third-order valence-corrected chi connectivity index (χ3v) is 4.11. The summed E-state index contributed by atoms with van der Waals surface area (Å²) in [7, 11) is 3.43. The third kappa shape index (κ3) is 8.91. The Balaban J connectivity index is 0.00000420. The van der Waals surface area contributed by atoms with Crippen LogP contribution in [0.4, 0.5) is 0 Å². The third-order valence-electron chi connectivity index (χ3n) is 4.11. The minimum atomic E-state index is 0. The Morgan fingerprint density at radius 2 is 1.79 bits per heavy atom. The number of hydrogen-bond donors (Lipinski definition) is 2. The summed E-state index contributed by atoms with van der Waals surface area (Å²) in [5.74, 6) is 2.47. The van der Waals surface area contributed by atoms with E-state index in [-0.39, 0.29) is 24.0 Å². The van der Waals surface area contributed by atoms with E-state index in [4.69, 9.17) is 14.2 Å². The Kier molecular flexibility index (Phi) is 12.1. The zero-order chi connectivity index (χ0) is 20.2. The van der Waals surface area contributed by atoms with E-state index in [0.29, 0.717) is 32.9 Å². The molecule has 0 aliphatic heterocycles. The van der Waals surface area contributed by atoms with Crippen LogP contribution in [0.5, 0.6) is 11.5 Å². The molecule has 0 bridgehead atoms. The van der Waals surface area contributed by atoms with E-state index in [1.54, 1.807) is 14.2 Å². The highest BCUT2D eigenvalue weighted by Gasteiger charge is 2.06. The molecule has 0 aromatic heterocycles. The second kappa shape index (κ2) is 14.1. The molecule has 6 nitrogen and oxygen atoms in total. The number of ether oxygens (including phenoxy) is 3. The molecule has 0 aliphatic rings. The Labute approximate surface area is 191 Å². The predicted molar refractivity (Wildman–Crippen MR) is 129 cm³/mol. The molecule has 0 heterocycles. The van der Waals surface area contributed by atoms with Gasteiger partial charge in [-0.25, -0.2) is 0 Å². The summed E-state index contributed by atoms with van der Waals surface area (Å²) in [5.41, 5.74) is 3.36.